The maximum Gasteiger partial charge on any atom is 0.359 e. The molecule has 0 bridgehead atoms. The summed E-state index contributed by atoms with van der Waals surface area (Å²) in [4.78, 5) is 22.5. The van der Waals surface area contributed by atoms with Crippen molar-refractivity contribution in [2.75, 3.05) is 27.3 Å². The van der Waals surface area contributed by atoms with E-state index < -0.39 is 5.97 Å². The van der Waals surface area contributed by atoms with E-state index in [2.05, 4.69) is 12.2 Å². The van der Waals surface area contributed by atoms with Crippen molar-refractivity contribution >= 4 is 11.9 Å². The maximum absolute atomic E-state index is 11.8. The van der Waals surface area contributed by atoms with E-state index in [4.69, 9.17) is 5.11 Å². The van der Waals surface area contributed by atoms with Gasteiger partial charge in [0.15, 0.2) is 13.2 Å². The predicted molar refractivity (Wildman–Crippen MR) is 108 cm³/mol. The van der Waals surface area contributed by atoms with Gasteiger partial charge in [0.1, 0.15) is 0 Å². The number of hydrogen-bond acceptors (Lipinski definition) is 2. The molecule has 0 rings (SSSR count). The van der Waals surface area contributed by atoms with Crippen LogP contribution in [-0.4, -0.2) is 48.8 Å². The summed E-state index contributed by atoms with van der Waals surface area (Å²) in [5.74, 6) is -0.814. The molecule has 0 aliphatic heterocycles. The molecular formula is C21H43N2O3+. The molecule has 1 amide bonds. The highest BCUT2D eigenvalue weighted by atomic mass is 16.4. The summed E-state index contributed by atoms with van der Waals surface area (Å²) in [6.07, 6.45) is 17.4. The molecule has 0 aliphatic carbocycles. The standard InChI is InChI=1S/C21H42N2O3/c1-4-5-6-7-8-9-10-11-12-13-14-15-16-17-20(24)22-19-23(2,3)18-21(25)26/h4-19H2,1-3H3,(H-,22,24,25,26)/p+1. The summed E-state index contributed by atoms with van der Waals surface area (Å²) in [7, 11) is 3.61. The lowest BCUT2D eigenvalue weighted by Crippen LogP contribution is -2.50. The SMILES string of the molecule is CCCCCCCCCCCCCCCC(=O)NC[N+](C)(C)CC(=O)O. The quantitative estimate of drug-likeness (QED) is 0.208. The average molecular weight is 372 g/mol. The number of quaternary nitrogens is 1. The molecule has 2 N–H and O–H groups in total. The summed E-state index contributed by atoms with van der Waals surface area (Å²) in [6, 6.07) is 0. The van der Waals surface area contributed by atoms with Crippen LogP contribution in [0.2, 0.25) is 0 Å². The molecule has 0 aliphatic rings. The van der Waals surface area contributed by atoms with Crippen LogP contribution in [0.5, 0.6) is 0 Å². The van der Waals surface area contributed by atoms with Crippen molar-refractivity contribution in [3.8, 4) is 0 Å². The van der Waals surface area contributed by atoms with Gasteiger partial charge in [0.25, 0.3) is 0 Å². The first-order chi connectivity index (χ1) is 12.4. The molecule has 0 saturated heterocycles. The summed E-state index contributed by atoms with van der Waals surface area (Å²) in [5.41, 5.74) is 0. The topological polar surface area (TPSA) is 66.4 Å². The summed E-state index contributed by atoms with van der Waals surface area (Å²) < 4.78 is 0.264. The van der Waals surface area contributed by atoms with Crippen molar-refractivity contribution in [3.63, 3.8) is 0 Å². The van der Waals surface area contributed by atoms with Gasteiger partial charge in [-0.05, 0) is 6.42 Å². The van der Waals surface area contributed by atoms with E-state index in [1.165, 1.54) is 70.6 Å². The first kappa shape index (κ1) is 24.9. The van der Waals surface area contributed by atoms with Crippen molar-refractivity contribution < 1.29 is 19.2 Å². The molecule has 0 saturated carbocycles. The van der Waals surface area contributed by atoms with Crippen LogP contribution in [0, 0.1) is 0 Å². The van der Waals surface area contributed by atoms with Crippen molar-refractivity contribution in [2.45, 2.75) is 96.8 Å². The van der Waals surface area contributed by atoms with Crippen molar-refractivity contribution in [3.05, 3.63) is 0 Å². The molecule has 0 aromatic heterocycles. The van der Waals surface area contributed by atoms with E-state index in [1.807, 2.05) is 0 Å². The van der Waals surface area contributed by atoms with Crippen LogP contribution >= 0.6 is 0 Å². The Balaban J connectivity index is 3.37. The third-order valence-corrected chi connectivity index (χ3v) is 4.77. The summed E-state index contributed by atoms with van der Waals surface area (Å²) >= 11 is 0. The zero-order valence-electron chi connectivity index (χ0n) is 17.5. The molecule has 0 atom stereocenters. The van der Waals surface area contributed by atoms with Crippen LogP contribution in [0.15, 0.2) is 0 Å². The Kier molecular flexibility index (Phi) is 15.4. The Labute approximate surface area is 161 Å². The Bertz CT molecular complexity index is 370. The number of nitrogens with zero attached hydrogens (tertiary/aromatic N) is 1. The number of carbonyl (C=O) groups is 2. The molecule has 0 unspecified atom stereocenters. The number of carbonyl (C=O) groups excluding carboxylic acids is 1. The molecule has 154 valence electrons. The van der Waals surface area contributed by atoms with E-state index in [0.717, 1.165) is 12.8 Å². The number of hydrogen-bond donors (Lipinski definition) is 2. The van der Waals surface area contributed by atoms with Crippen LogP contribution in [0.1, 0.15) is 96.8 Å². The average Bonchev–Trinajstić information content (AvgIpc) is 2.56. The maximum atomic E-state index is 11.8. The van der Waals surface area contributed by atoms with Gasteiger partial charge in [-0.15, -0.1) is 0 Å². The van der Waals surface area contributed by atoms with Gasteiger partial charge in [-0.3, -0.25) is 4.79 Å². The molecule has 0 aromatic carbocycles. The number of unbranched alkanes of at least 4 members (excludes halogenated alkanes) is 12. The van der Waals surface area contributed by atoms with E-state index in [1.54, 1.807) is 14.1 Å². The van der Waals surface area contributed by atoms with Crippen molar-refractivity contribution in [2.24, 2.45) is 0 Å². The van der Waals surface area contributed by atoms with E-state index in [9.17, 15) is 9.59 Å². The number of nitrogens with one attached hydrogen (secondary N) is 1. The number of carboxylic acid groups (broad SMARTS) is 1. The second kappa shape index (κ2) is 16.1. The van der Waals surface area contributed by atoms with Crippen LogP contribution < -0.4 is 5.32 Å². The van der Waals surface area contributed by atoms with Gasteiger partial charge in [0, 0.05) is 6.42 Å². The number of likely N-dealkylation sites (N-methyl/N-ethyl adjacent to an activating group) is 1. The summed E-state index contributed by atoms with van der Waals surface area (Å²) in [6.45, 7) is 2.64. The monoisotopic (exact) mass is 371 g/mol. The molecule has 0 radical (unpaired) electrons. The van der Waals surface area contributed by atoms with Crippen LogP contribution in [0.4, 0.5) is 0 Å². The fourth-order valence-electron chi connectivity index (χ4n) is 3.12. The minimum absolute atomic E-state index is 0.0129. The van der Waals surface area contributed by atoms with E-state index >= 15 is 0 Å². The Morgan fingerprint density at radius 3 is 1.62 bits per heavy atom. The molecular weight excluding hydrogens is 328 g/mol. The zero-order chi connectivity index (χ0) is 19.7. The lowest BCUT2D eigenvalue weighted by molar-refractivity contribution is -0.884. The fraction of sp³-hybridized carbons (Fsp3) is 0.905. The minimum atomic E-state index is -0.847. The van der Waals surface area contributed by atoms with Gasteiger partial charge in [0.2, 0.25) is 5.91 Å². The summed E-state index contributed by atoms with van der Waals surface area (Å²) in [5, 5.41) is 11.7. The van der Waals surface area contributed by atoms with Crippen molar-refractivity contribution in [1.29, 1.82) is 0 Å². The normalized spacial score (nSPS) is 11.5. The predicted octanol–water partition coefficient (Wildman–Crippen LogP) is 4.70. The van der Waals surface area contributed by atoms with Gasteiger partial charge >= 0.3 is 5.97 Å². The molecule has 0 aromatic rings. The zero-order valence-corrected chi connectivity index (χ0v) is 17.5. The second-order valence-electron chi connectivity index (χ2n) is 8.24. The highest BCUT2D eigenvalue weighted by Gasteiger charge is 2.19. The van der Waals surface area contributed by atoms with Gasteiger partial charge in [-0.25, -0.2) is 4.79 Å². The molecule has 0 heterocycles. The minimum Gasteiger partial charge on any atom is -0.477 e. The Hall–Kier alpha value is -1.10. The Morgan fingerprint density at radius 2 is 1.19 bits per heavy atom. The molecule has 5 nitrogen and oxygen atoms in total. The first-order valence-corrected chi connectivity index (χ1v) is 10.7. The third-order valence-electron chi connectivity index (χ3n) is 4.77. The van der Waals surface area contributed by atoms with Crippen LogP contribution in [0.3, 0.4) is 0 Å². The largest absolute Gasteiger partial charge is 0.477 e. The van der Waals surface area contributed by atoms with Crippen LogP contribution in [0.25, 0.3) is 0 Å². The number of amides is 1. The lowest BCUT2D eigenvalue weighted by Gasteiger charge is -2.27. The van der Waals surface area contributed by atoms with E-state index in [0.29, 0.717) is 13.1 Å². The molecule has 0 spiro atoms. The number of rotatable bonds is 18. The van der Waals surface area contributed by atoms with Gasteiger partial charge in [-0.2, -0.15) is 0 Å². The van der Waals surface area contributed by atoms with Crippen LogP contribution in [-0.2, 0) is 9.59 Å². The number of aliphatic carboxylic acids is 1. The highest BCUT2D eigenvalue weighted by molar-refractivity contribution is 5.75. The Morgan fingerprint density at radius 1 is 0.769 bits per heavy atom. The lowest BCUT2D eigenvalue weighted by atomic mass is 10.0. The molecule has 5 heteroatoms. The first-order valence-electron chi connectivity index (χ1n) is 10.7. The number of carboxylic acids is 1. The van der Waals surface area contributed by atoms with E-state index in [-0.39, 0.29) is 16.9 Å². The fourth-order valence-corrected chi connectivity index (χ4v) is 3.12. The smallest absolute Gasteiger partial charge is 0.359 e. The molecule has 0 fully saturated rings. The van der Waals surface area contributed by atoms with Gasteiger partial charge in [-0.1, -0.05) is 84.0 Å². The van der Waals surface area contributed by atoms with Crippen molar-refractivity contribution in [1.82, 2.24) is 5.32 Å². The third kappa shape index (κ3) is 17.7. The van der Waals surface area contributed by atoms with Gasteiger partial charge < -0.3 is 14.9 Å². The highest BCUT2D eigenvalue weighted by Crippen LogP contribution is 2.12. The second-order valence-corrected chi connectivity index (χ2v) is 8.24. The molecule has 26 heavy (non-hydrogen) atoms. The van der Waals surface area contributed by atoms with Gasteiger partial charge in [0.05, 0.1) is 14.1 Å².